The van der Waals surface area contributed by atoms with E-state index in [1.54, 1.807) is 0 Å². The maximum atomic E-state index is 10.8. The number of unbranched alkanes of at least 4 members (excludes halogenated alkanes) is 2. The van der Waals surface area contributed by atoms with Gasteiger partial charge in [0.2, 0.25) is 0 Å². The molecule has 0 aliphatic heterocycles. The van der Waals surface area contributed by atoms with Crippen LogP contribution in [-0.4, -0.2) is 26.4 Å². The number of amides is 1. The number of hydrogen-bond donors (Lipinski definition) is 1. The third kappa shape index (κ3) is 10.5. The molecular weight excluding hydrogens is 254 g/mol. The van der Waals surface area contributed by atoms with Gasteiger partial charge in [-0.3, -0.25) is 0 Å². The molecule has 6 heteroatoms. The lowest BCUT2D eigenvalue weighted by Crippen LogP contribution is -2.15. The first-order valence-corrected chi connectivity index (χ1v) is 6.89. The quantitative estimate of drug-likeness (QED) is 0.529. The summed E-state index contributed by atoms with van der Waals surface area (Å²) < 4.78 is 1.38. The molecule has 15 heavy (non-hydrogen) atoms. The fourth-order valence-electron chi connectivity index (χ4n) is 0.731. The van der Waals surface area contributed by atoms with Crippen LogP contribution >= 0.6 is 36.3 Å². The molecule has 0 aliphatic carbocycles. The van der Waals surface area contributed by atoms with Crippen LogP contribution in [0.1, 0.15) is 39.5 Å². The molecule has 1 N–H and O–H groups in total. The minimum Gasteiger partial charge on any atom is -0.464 e. The van der Waals surface area contributed by atoms with Gasteiger partial charge in [-0.05, 0) is 36.7 Å². The standard InChI is InChI=1S/C9H19NO2S2.ClH/c1-3-5-7-13-10(9(11)12)14-8-6-4-2;/h3-8H2,1-2H3,(H,11,12);1H. The van der Waals surface area contributed by atoms with Crippen LogP contribution in [0.15, 0.2) is 0 Å². The summed E-state index contributed by atoms with van der Waals surface area (Å²) in [5.41, 5.74) is 0. The molecule has 0 spiro atoms. The number of nitrogens with zero attached hydrogens (tertiary/aromatic N) is 1. The molecule has 0 fully saturated rings. The molecule has 0 rings (SSSR count). The van der Waals surface area contributed by atoms with Crippen LogP contribution in [0, 0.1) is 0 Å². The summed E-state index contributed by atoms with van der Waals surface area (Å²) in [6, 6.07) is 0. The zero-order chi connectivity index (χ0) is 10.8. The number of hydrogen-bond acceptors (Lipinski definition) is 3. The predicted molar refractivity (Wildman–Crippen MR) is 71.8 cm³/mol. The van der Waals surface area contributed by atoms with E-state index in [2.05, 4.69) is 13.8 Å². The Morgan fingerprint density at radius 2 is 1.53 bits per heavy atom. The Morgan fingerprint density at radius 3 is 1.80 bits per heavy atom. The van der Waals surface area contributed by atoms with Gasteiger partial charge in [-0.25, -0.2) is 4.79 Å². The fourth-order valence-corrected chi connectivity index (χ4v) is 2.86. The van der Waals surface area contributed by atoms with Gasteiger partial charge < -0.3 is 5.11 Å². The molecule has 0 saturated heterocycles. The van der Waals surface area contributed by atoms with Crippen molar-refractivity contribution in [2.45, 2.75) is 39.5 Å². The molecule has 92 valence electrons. The maximum absolute atomic E-state index is 10.8. The van der Waals surface area contributed by atoms with E-state index in [0.29, 0.717) is 0 Å². The van der Waals surface area contributed by atoms with Crippen LogP contribution in [0.2, 0.25) is 0 Å². The second-order valence-electron chi connectivity index (χ2n) is 2.91. The van der Waals surface area contributed by atoms with Gasteiger partial charge in [0.1, 0.15) is 0 Å². The normalized spacial score (nSPS) is 9.47. The van der Waals surface area contributed by atoms with Gasteiger partial charge in [0.25, 0.3) is 0 Å². The highest BCUT2D eigenvalue weighted by Gasteiger charge is 2.12. The Hall–Kier alpha value is 0.260. The van der Waals surface area contributed by atoms with E-state index in [0.717, 1.165) is 37.2 Å². The number of rotatable bonds is 8. The van der Waals surface area contributed by atoms with Crippen molar-refractivity contribution in [1.82, 2.24) is 3.71 Å². The monoisotopic (exact) mass is 273 g/mol. The summed E-state index contributed by atoms with van der Waals surface area (Å²) >= 11 is 2.80. The van der Waals surface area contributed by atoms with Gasteiger partial charge in [0.15, 0.2) is 0 Å². The average Bonchev–Trinajstić information content (AvgIpc) is 2.15. The van der Waals surface area contributed by atoms with E-state index in [4.69, 9.17) is 5.11 Å². The second-order valence-corrected chi connectivity index (χ2v) is 5.21. The van der Waals surface area contributed by atoms with E-state index in [1.807, 2.05) is 0 Å². The molecular formula is C9H20ClNO2S2. The molecule has 0 unspecified atom stereocenters. The Balaban J connectivity index is 0. The van der Waals surface area contributed by atoms with Crippen molar-refractivity contribution >= 4 is 42.4 Å². The highest BCUT2D eigenvalue weighted by atomic mass is 35.5. The van der Waals surface area contributed by atoms with Gasteiger partial charge in [-0.2, -0.15) is 3.71 Å². The van der Waals surface area contributed by atoms with Gasteiger partial charge in [-0.15, -0.1) is 12.4 Å². The van der Waals surface area contributed by atoms with Crippen molar-refractivity contribution in [3.63, 3.8) is 0 Å². The minimum atomic E-state index is -0.841. The fraction of sp³-hybridized carbons (Fsp3) is 0.889. The van der Waals surface area contributed by atoms with E-state index in [9.17, 15) is 4.79 Å². The SMILES string of the molecule is CCCCSN(SCCCC)C(=O)O.Cl. The van der Waals surface area contributed by atoms with Crippen molar-refractivity contribution in [2.24, 2.45) is 0 Å². The molecule has 0 atom stereocenters. The highest BCUT2D eigenvalue weighted by Crippen LogP contribution is 2.23. The largest absolute Gasteiger partial charge is 0.464 e. The first kappa shape index (κ1) is 17.6. The van der Waals surface area contributed by atoms with Crippen molar-refractivity contribution in [1.29, 1.82) is 0 Å². The highest BCUT2D eigenvalue weighted by molar-refractivity contribution is 8.12. The van der Waals surface area contributed by atoms with Crippen LogP contribution in [0.5, 0.6) is 0 Å². The summed E-state index contributed by atoms with van der Waals surface area (Å²) in [7, 11) is 0. The summed E-state index contributed by atoms with van der Waals surface area (Å²) in [6.07, 6.45) is 3.53. The Labute approximate surface area is 107 Å². The lowest BCUT2D eigenvalue weighted by Gasteiger charge is -2.15. The van der Waals surface area contributed by atoms with E-state index >= 15 is 0 Å². The van der Waals surface area contributed by atoms with Crippen molar-refractivity contribution < 1.29 is 9.90 Å². The first-order chi connectivity index (χ1) is 6.72. The van der Waals surface area contributed by atoms with Crippen molar-refractivity contribution in [2.75, 3.05) is 11.5 Å². The summed E-state index contributed by atoms with van der Waals surface area (Å²) in [6.45, 7) is 4.21. The van der Waals surface area contributed by atoms with Gasteiger partial charge in [0, 0.05) is 11.5 Å². The molecule has 0 aromatic heterocycles. The third-order valence-corrected chi connectivity index (χ3v) is 3.93. The molecule has 0 bridgehead atoms. The zero-order valence-corrected chi connectivity index (χ0v) is 11.7. The van der Waals surface area contributed by atoms with Crippen molar-refractivity contribution in [3.8, 4) is 0 Å². The van der Waals surface area contributed by atoms with Gasteiger partial charge >= 0.3 is 6.09 Å². The maximum Gasteiger partial charge on any atom is 0.427 e. The molecule has 0 aromatic carbocycles. The van der Waals surface area contributed by atoms with Gasteiger partial charge in [-0.1, -0.05) is 26.7 Å². The summed E-state index contributed by atoms with van der Waals surface area (Å²) in [5.74, 6) is 1.78. The molecule has 0 aliphatic rings. The summed E-state index contributed by atoms with van der Waals surface area (Å²) in [4.78, 5) is 10.8. The molecule has 3 nitrogen and oxygen atoms in total. The zero-order valence-electron chi connectivity index (χ0n) is 9.27. The molecule has 0 heterocycles. The van der Waals surface area contributed by atoms with Crippen LogP contribution < -0.4 is 0 Å². The summed E-state index contributed by atoms with van der Waals surface area (Å²) in [5, 5.41) is 8.86. The van der Waals surface area contributed by atoms with E-state index in [-0.39, 0.29) is 12.4 Å². The van der Waals surface area contributed by atoms with E-state index < -0.39 is 6.09 Å². The van der Waals surface area contributed by atoms with E-state index in [1.165, 1.54) is 27.6 Å². The van der Waals surface area contributed by atoms with Crippen molar-refractivity contribution in [3.05, 3.63) is 0 Å². The minimum absolute atomic E-state index is 0. The van der Waals surface area contributed by atoms with Crippen LogP contribution in [0.3, 0.4) is 0 Å². The molecule has 0 radical (unpaired) electrons. The Morgan fingerprint density at radius 1 is 1.13 bits per heavy atom. The Bertz CT molecular complexity index is 151. The Kier molecular flexibility index (Phi) is 14.5. The molecule has 0 aromatic rings. The number of carboxylic acid groups (broad SMARTS) is 1. The lowest BCUT2D eigenvalue weighted by molar-refractivity contribution is 0.191. The first-order valence-electron chi connectivity index (χ1n) is 5.01. The molecule has 0 saturated carbocycles. The number of carbonyl (C=O) groups is 1. The van der Waals surface area contributed by atoms with Crippen LogP contribution in [-0.2, 0) is 0 Å². The average molecular weight is 274 g/mol. The van der Waals surface area contributed by atoms with Crippen LogP contribution in [0.25, 0.3) is 0 Å². The smallest absolute Gasteiger partial charge is 0.427 e. The third-order valence-electron chi connectivity index (χ3n) is 1.57. The second kappa shape index (κ2) is 12.3. The predicted octanol–water partition coefficient (Wildman–Crippen LogP) is 4.28. The topological polar surface area (TPSA) is 40.5 Å². The molecule has 1 amide bonds. The van der Waals surface area contributed by atoms with Crippen LogP contribution in [0.4, 0.5) is 4.79 Å². The number of halogens is 1. The lowest BCUT2D eigenvalue weighted by atomic mass is 10.4. The van der Waals surface area contributed by atoms with Gasteiger partial charge in [0.05, 0.1) is 0 Å².